The third-order valence-corrected chi connectivity index (χ3v) is 3.57. The molecule has 21 heavy (non-hydrogen) atoms. The van der Waals surface area contributed by atoms with E-state index in [1.807, 2.05) is 0 Å². The first-order chi connectivity index (χ1) is 9.99. The van der Waals surface area contributed by atoms with Gasteiger partial charge in [0.15, 0.2) is 5.76 Å². The zero-order valence-corrected chi connectivity index (χ0v) is 11.8. The van der Waals surface area contributed by atoms with Crippen LogP contribution in [-0.4, -0.2) is 59.4 Å². The Morgan fingerprint density at radius 1 is 1.48 bits per heavy atom. The van der Waals surface area contributed by atoms with Crippen LogP contribution in [0, 0.1) is 5.92 Å². The first kappa shape index (κ1) is 15.1. The predicted octanol–water partition coefficient (Wildman–Crippen LogP) is 0.675. The van der Waals surface area contributed by atoms with Gasteiger partial charge in [0, 0.05) is 20.1 Å². The van der Waals surface area contributed by atoms with E-state index in [1.54, 1.807) is 6.07 Å². The zero-order valence-electron chi connectivity index (χ0n) is 11.8. The van der Waals surface area contributed by atoms with Crippen LogP contribution in [0.2, 0.25) is 0 Å². The van der Waals surface area contributed by atoms with Crippen molar-refractivity contribution < 1.29 is 23.9 Å². The molecule has 1 aromatic heterocycles. The van der Waals surface area contributed by atoms with E-state index in [9.17, 15) is 14.4 Å². The molecule has 7 nitrogen and oxygen atoms in total. The summed E-state index contributed by atoms with van der Waals surface area (Å²) in [6.07, 6.45) is 2.64. The summed E-state index contributed by atoms with van der Waals surface area (Å²) in [4.78, 5) is 37.9. The highest BCUT2D eigenvalue weighted by molar-refractivity contribution is 5.94. The predicted molar refractivity (Wildman–Crippen MR) is 72.6 cm³/mol. The van der Waals surface area contributed by atoms with E-state index in [1.165, 1.54) is 29.2 Å². The maximum absolute atomic E-state index is 12.2. The quantitative estimate of drug-likeness (QED) is 0.881. The molecular formula is C14H18N2O5. The number of carboxylic acid groups (broad SMARTS) is 1. The van der Waals surface area contributed by atoms with Crippen molar-refractivity contribution >= 4 is 17.8 Å². The van der Waals surface area contributed by atoms with Gasteiger partial charge in [0.05, 0.1) is 18.7 Å². The summed E-state index contributed by atoms with van der Waals surface area (Å²) in [5, 5.41) is 9.02. The number of carboxylic acids is 1. The lowest BCUT2D eigenvalue weighted by Gasteiger charge is -2.31. The maximum Gasteiger partial charge on any atom is 0.308 e. The molecule has 2 amide bonds. The number of hydrogen-bond acceptors (Lipinski definition) is 4. The second-order valence-electron chi connectivity index (χ2n) is 5.16. The molecule has 0 saturated carbocycles. The van der Waals surface area contributed by atoms with Crippen molar-refractivity contribution in [3.8, 4) is 0 Å². The molecule has 0 bridgehead atoms. The van der Waals surface area contributed by atoms with Crippen molar-refractivity contribution in [3.63, 3.8) is 0 Å². The number of carbonyl (C=O) groups is 3. The van der Waals surface area contributed by atoms with Crippen LogP contribution in [0.1, 0.15) is 23.4 Å². The molecule has 1 fully saturated rings. The van der Waals surface area contributed by atoms with Crippen molar-refractivity contribution in [1.82, 2.24) is 9.80 Å². The van der Waals surface area contributed by atoms with Gasteiger partial charge >= 0.3 is 5.97 Å². The molecule has 1 atom stereocenters. The van der Waals surface area contributed by atoms with Crippen LogP contribution in [0.5, 0.6) is 0 Å². The first-order valence-electron chi connectivity index (χ1n) is 6.78. The van der Waals surface area contributed by atoms with E-state index >= 15 is 0 Å². The fraction of sp³-hybridized carbons (Fsp3) is 0.500. The number of likely N-dealkylation sites (N-methyl/N-ethyl adjacent to an activating group) is 1. The fourth-order valence-corrected chi connectivity index (χ4v) is 2.37. The van der Waals surface area contributed by atoms with Crippen LogP contribution in [0.4, 0.5) is 0 Å². The molecule has 7 heteroatoms. The third kappa shape index (κ3) is 3.62. The third-order valence-electron chi connectivity index (χ3n) is 3.57. The number of hydrogen-bond donors (Lipinski definition) is 1. The minimum absolute atomic E-state index is 0.0914. The van der Waals surface area contributed by atoms with Gasteiger partial charge in [-0.3, -0.25) is 14.4 Å². The molecule has 1 aromatic rings. The molecule has 2 heterocycles. The molecule has 0 aliphatic carbocycles. The number of amides is 2. The van der Waals surface area contributed by atoms with E-state index in [4.69, 9.17) is 9.52 Å². The van der Waals surface area contributed by atoms with Crippen molar-refractivity contribution in [2.24, 2.45) is 5.92 Å². The van der Waals surface area contributed by atoms with Gasteiger partial charge in [0.2, 0.25) is 5.91 Å². The Balaban J connectivity index is 1.91. The van der Waals surface area contributed by atoms with Crippen molar-refractivity contribution in [3.05, 3.63) is 24.2 Å². The Labute approximate surface area is 122 Å². The minimum Gasteiger partial charge on any atom is -0.481 e. The van der Waals surface area contributed by atoms with Crippen LogP contribution in [0.25, 0.3) is 0 Å². The molecular weight excluding hydrogens is 276 g/mol. The summed E-state index contributed by atoms with van der Waals surface area (Å²) < 4.78 is 5.00. The molecule has 0 spiro atoms. The molecule has 0 aromatic carbocycles. The minimum atomic E-state index is -0.882. The van der Waals surface area contributed by atoms with Gasteiger partial charge in [-0.15, -0.1) is 0 Å². The molecule has 1 aliphatic rings. The van der Waals surface area contributed by atoms with Gasteiger partial charge in [-0.05, 0) is 25.0 Å². The number of carbonyl (C=O) groups excluding carboxylic acids is 2. The fourth-order valence-electron chi connectivity index (χ4n) is 2.37. The van der Waals surface area contributed by atoms with Gasteiger partial charge in [0.25, 0.3) is 5.91 Å². The second-order valence-corrected chi connectivity index (χ2v) is 5.16. The average Bonchev–Trinajstić information content (AvgIpc) is 3.00. The lowest BCUT2D eigenvalue weighted by Crippen LogP contribution is -2.46. The highest BCUT2D eigenvalue weighted by Crippen LogP contribution is 2.17. The molecule has 2 rings (SSSR count). The van der Waals surface area contributed by atoms with Gasteiger partial charge < -0.3 is 19.3 Å². The summed E-state index contributed by atoms with van der Waals surface area (Å²) in [5.41, 5.74) is 0. The summed E-state index contributed by atoms with van der Waals surface area (Å²) in [7, 11) is 1.52. The van der Waals surface area contributed by atoms with Crippen molar-refractivity contribution in [2.75, 3.05) is 26.7 Å². The van der Waals surface area contributed by atoms with Gasteiger partial charge in [-0.1, -0.05) is 0 Å². The molecule has 114 valence electrons. The Bertz CT molecular complexity index is 525. The zero-order chi connectivity index (χ0) is 15.4. The van der Waals surface area contributed by atoms with E-state index in [-0.39, 0.29) is 30.7 Å². The number of aliphatic carboxylic acids is 1. The van der Waals surface area contributed by atoms with Gasteiger partial charge in [-0.2, -0.15) is 0 Å². The topological polar surface area (TPSA) is 91.1 Å². The number of rotatable bonds is 4. The van der Waals surface area contributed by atoms with E-state index in [2.05, 4.69) is 0 Å². The lowest BCUT2D eigenvalue weighted by molar-refractivity contribution is -0.145. The number of nitrogens with zero attached hydrogens (tertiary/aromatic N) is 2. The average molecular weight is 294 g/mol. The molecule has 1 unspecified atom stereocenters. The largest absolute Gasteiger partial charge is 0.481 e. The Morgan fingerprint density at radius 2 is 2.24 bits per heavy atom. The van der Waals surface area contributed by atoms with Crippen LogP contribution >= 0.6 is 0 Å². The smallest absolute Gasteiger partial charge is 0.308 e. The summed E-state index contributed by atoms with van der Waals surface area (Å²) in [6, 6.07) is 3.13. The Hall–Kier alpha value is -2.31. The number of piperidine rings is 1. The number of likely N-dealkylation sites (tertiary alicyclic amines) is 1. The van der Waals surface area contributed by atoms with E-state index < -0.39 is 11.9 Å². The van der Waals surface area contributed by atoms with Crippen LogP contribution in [-0.2, 0) is 9.59 Å². The summed E-state index contributed by atoms with van der Waals surface area (Å²) >= 11 is 0. The van der Waals surface area contributed by atoms with E-state index in [0.717, 1.165) is 0 Å². The standard InChI is InChI=1S/C14H18N2O5/c1-15(13(18)11-5-3-7-21-11)9-12(17)16-6-2-4-10(8-16)14(19)20/h3,5,7,10H,2,4,6,8-9H2,1H3,(H,19,20). The normalized spacial score (nSPS) is 18.3. The monoisotopic (exact) mass is 294 g/mol. The summed E-state index contributed by atoms with van der Waals surface area (Å²) in [6.45, 7) is 0.647. The first-order valence-corrected chi connectivity index (χ1v) is 6.78. The summed E-state index contributed by atoms with van der Waals surface area (Å²) in [5.74, 6) is -1.85. The Morgan fingerprint density at radius 3 is 2.86 bits per heavy atom. The van der Waals surface area contributed by atoms with Gasteiger partial charge in [0.1, 0.15) is 0 Å². The molecule has 0 radical (unpaired) electrons. The van der Waals surface area contributed by atoms with Crippen LogP contribution in [0.15, 0.2) is 22.8 Å². The number of furan rings is 1. The van der Waals surface area contributed by atoms with Gasteiger partial charge in [-0.25, -0.2) is 0 Å². The molecule has 1 saturated heterocycles. The highest BCUT2D eigenvalue weighted by atomic mass is 16.4. The van der Waals surface area contributed by atoms with E-state index in [0.29, 0.717) is 19.4 Å². The molecule has 1 aliphatic heterocycles. The van der Waals surface area contributed by atoms with Crippen LogP contribution < -0.4 is 0 Å². The highest BCUT2D eigenvalue weighted by Gasteiger charge is 2.29. The van der Waals surface area contributed by atoms with Crippen molar-refractivity contribution in [1.29, 1.82) is 0 Å². The molecule has 1 N–H and O–H groups in total. The second kappa shape index (κ2) is 6.43. The van der Waals surface area contributed by atoms with Crippen LogP contribution in [0.3, 0.4) is 0 Å². The maximum atomic E-state index is 12.2. The SMILES string of the molecule is CN(CC(=O)N1CCCC(C(=O)O)C1)C(=O)c1ccco1. The lowest BCUT2D eigenvalue weighted by atomic mass is 9.98. The Kier molecular flexibility index (Phi) is 4.62. The van der Waals surface area contributed by atoms with Crippen molar-refractivity contribution in [2.45, 2.75) is 12.8 Å².